The summed E-state index contributed by atoms with van der Waals surface area (Å²) in [5, 5.41) is 3.31. The van der Waals surface area contributed by atoms with Crippen LogP contribution in [0.25, 0.3) is 11.2 Å². The molecule has 1 saturated heterocycles. The molecule has 0 radical (unpaired) electrons. The number of nitrogens with zero attached hydrogens (tertiary/aromatic N) is 5. The van der Waals surface area contributed by atoms with E-state index in [1.54, 1.807) is 12.3 Å². The molecule has 10 nitrogen and oxygen atoms in total. The maximum Gasteiger partial charge on any atom is 0.320 e. The van der Waals surface area contributed by atoms with Crippen molar-refractivity contribution in [1.29, 1.82) is 0 Å². The van der Waals surface area contributed by atoms with Crippen LogP contribution in [0.1, 0.15) is 5.56 Å². The minimum Gasteiger partial charge on any atom is -0.474 e. The molecule has 1 aliphatic rings. The van der Waals surface area contributed by atoms with Crippen LogP contribution in [0.4, 0.5) is 17.5 Å². The minimum atomic E-state index is 0.252. The predicted octanol–water partition coefficient (Wildman–Crippen LogP) is 3.09. The number of benzene rings is 1. The van der Waals surface area contributed by atoms with E-state index in [0.717, 1.165) is 35.7 Å². The van der Waals surface area contributed by atoms with Gasteiger partial charge in [0.05, 0.1) is 13.2 Å². The molecule has 0 aliphatic carbocycles. The van der Waals surface area contributed by atoms with Crippen LogP contribution in [0.5, 0.6) is 11.9 Å². The first-order valence-electron chi connectivity index (χ1n) is 10.9. The Morgan fingerprint density at radius 3 is 2.73 bits per heavy atom. The van der Waals surface area contributed by atoms with E-state index in [-0.39, 0.29) is 12.6 Å². The predicted molar refractivity (Wildman–Crippen MR) is 124 cm³/mol. The largest absolute Gasteiger partial charge is 0.474 e. The van der Waals surface area contributed by atoms with Gasteiger partial charge >= 0.3 is 6.01 Å². The highest BCUT2D eigenvalue weighted by atomic mass is 16.5. The summed E-state index contributed by atoms with van der Waals surface area (Å²) in [5.74, 6) is 1.88. The Morgan fingerprint density at radius 2 is 1.91 bits per heavy atom. The molecule has 33 heavy (non-hydrogen) atoms. The van der Waals surface area contributed by atoms with Crippen molar-refractivity contribution in [2.75, 3.05) is 49.7 Å². The van der Waals surface area contributed by atoms with Crippen LogP contribution >= 0.6 is 0 Å². The van der Waals surface area contributed by atoms with Crippen molar-refractivity contribution in [3.63, 3.8) is 0 Å². The van der Waals surface area contributed by atoms with Gasteiger partial charge in [0.2, 0.25) is 11.8 Å². The monoisotopic (exact) mass is 447 g/mol. The molecule has 1 aliphatic heterocycles. The van der Waals surface area contributed by atoms with Crippen LogP contribution in [-0.4, -0.2) is 64.4 Å². The Kier molecular flexibility index (Phi) is 6.16. The molecule has 0 spiro atoms. The lowest BCUT2D eigenvalue weighted by molar-refractivity contribution is 0.122. The molecule has 0 saturated carbocycles. The first-order chi connectivity index (χ1) is 16.2. The zero-order chi connectivity index (χ0) is 22.5. The molecular weight excluding hydrogens is 422 g/mol. The number of ether oxygens (including phenoxy) is 3. The molecule has 0 atom stereocenters. The fourth-order valence-electron chi connectivity index (χ4n) is 3.56. The van der Waals surface area contributed by atoms with Crippen molar-refractivity contribution >= 4 is 28.6 Å². The molecule has 3 aromatic heterocycles. The van der Waals surface area contributed by atoms with Gasteiger partial charge in [0.25, 0.3) is 0 Å². The van der Waals surface area contributed by atoms with E-state index in [9.17, 15) is 0 Å². The van der Waals surface area contributed by atoms with E-state index >= 15 is 0 Å². The summed E-state index contributed by atoms with van der Waals surface area (Å²) < 4.78 is 16.9. The number of anilines is 3. The fourth-order valence-corrected chi connectivity index (χ4v) is 3.56. The number of H-pyrrole nitrogens is 1. The Hall–Kier alpha value is -3.92. The summed E-state index contributed by atoms with van der Waals surface area (Å²) in [6, 6.07) is 13.8. The number of pyridine rings is 1. The topological polar surface area (TPSA) is 110 Å². The van der Waals surface area contributed by atoms with Gasteiger partial charge in [-0.25, -0.2) is 4.98 Å². The fraction of sp³-hybridized carbons (Fsp3) is 0.304. The van der Waals surface area contributed by atoms with Gasteiger partial charge in [-0.3, -0.25) is 0 Å². The van der Waals surface area contributed by atoms with E-state index in [1.165, 1.54) is 0 Å². The van der Waals surface area contributed by atoms with E-state index in [2.05, 4.69) is 41.2 Å². The van der Waals surface area contributed by atoms with Gasteiger partial charge in [-0.1, -0.05) is 18.2 Å². The second-order valence-electron chi connectivity index (χ2n) is 7.57. The van der Waals surface area contributed by atoms with Crippen LogP contribution in [0.2, 0.25) is 0 Å². The summed E-state index contributed by atoms with van der Waals surface area (Å²) in [7, 11) is 0. The maximum atomic E-state index is 5.80. The third-order valence-electron chi connectivity index (χ3n) is 5.11. The van der Waals surface area contributed by atoms with Crippen LogP contribution in [-0.2, 0) is 4.74 Å². The third-order valence-corrected chi connectivity index (χ3v) is 5.11. The van der Waals surface area contributed by atoms with Gasteiger partial charge in [0, 0.05) is 31.0 Å². The Balaban J connectivity index is 1.36. The number of aromatic nitrogens is 5. The molecular formula is C23H25N7O3. The number of hydrogen-bond donors (Lipinski definition) is 2. The molecule has 0 unspecified atom stereocenters. The van der Waals surface area contributed by atoms with Crippen molar-refractivity contribution in [2.24, 2.45) is 0 Å². The lowest BCUT2D eigenvalue weighted by Crippen LogP contribution is -2.37. The Labute approximate surface area is 191 Å². The average Bonchev–Trinajstić information content (AvgIpc) is 3.25. The van der Waals surface area contributed by atoms with Gasteiger partial charge in [-0.15, -0.1) is 0 Å². The normalized spacial score (nSPS) is 13.8. The molecule has 1 fully saturated rings. The SMILES string of the molecule is Cc1cccc(Nc2nc3nc(OCCOc4ccccn4)nc(N4CCOCC4)c3[nH]2)c1. The van der Waals surface area contributed by atoms with E-state index in [1.807, 2.05) is 37.3 Å². The number of hydrogen-bond acceptors (Lipinski definition) is 9. The number of aryl methyl sites for hydroxylation is 1. The van der Waals surface area contributed by atoms with Gasteiger partial charge in [-0.05, 0) is 30.7 Å². The molecule has 170 valence electrons. The highest BCUT2D eigenvalue weighted by Gasteiger charge is 2.21. The van der Waals surface area contributed by atoms with Crippen LogP contribution in [0.3, 0.4) is 0 Å². The van der Waals surface area contributed by atoms with Crippen molar-refractivity contribution in [2.45, 2.75) is 6.92 Å². The van der Waals surface area contributed by atoms with E-state index in [0.29, 0.717) is 37.3 Å². The van der Waals surface area contributed by atoms with E-state index in [4.69, 9.17) is 14.2 Å². The molecule has 4 aromatic rings. The molecule has 10 heteroatoms. The highest BCUT2D eigenvalue weighted by Crippen LogP contribution is 2.27. The number of fused-ring (bicyclic) bond motifs is 1. The van der Waals surface area contributed by atoms with E-state index < -0.39 is 0 Å². The van der Waals surface area contributed by atoms with Gasteiger partial charge in [-0.2, -0.15) is 15.0 Å². The van der Waals surface area contributed by atoms with Crippen LogP contribution in [0, 0.1) is 6.92 Å². The van der Waals surface area contributed by atoms with Gasteiger partial charge in [0.15, 0.2) is 11.5 Å². The number of nitrogens with one attached hydrogen (secondary N) is 2. The second kappa shape index (κ2) is 9.70. The zero-order valence-electron chi connectivity index (χ0n) is 18.3. The highest BCUT2D eigenvalue weighted by molar-refractivity contribution is 5.86. The number of aromatic amines is 1. The van der Waals surface area contributed by atoms with Crippen molar-refractivity contribution in [3.8, 4) is 11.9 Å². The minimum absolute atomic E-state index is 0.252. The summed E-state index contributed by atoms with van der Waals surface area (Å²) in [4.78, 5) is 23.4. The average molecular weight is 447 g/mol. The maximum absolute atomic E-state index is 5.80. The molecule has 4 heterocycles. The van der Waals surface area contributed by atoms with Gasteiger partial charge in [0.1, 0.15) is 18.7 Å². The lowest BCUT2D eigenvalue weighted by Gasteiger charge is -2.28. The smallest absolute Gasteiger partial charge is 0.320 e. The van der Waals surface area contributed by atoms with Gasteiger partial charge < -0.3 is 29.4 Å². The second-order valence-corrected chi connectivity index (χ2v) is 7.57. The zero-order valence-corrected chi connectivity index (χ0v) is 18.3. The molecule has 0 bridgehead atoms. The number of rotatable bonds is 8. The summed E-state index contributed by atoms with van der Waals surface area (Å²) in [6.45, 7) is 5.40. The molecule has 5 rings (SSSR count). The van der Waals surface area contributed by atoms with Crippen LogP contribution in [0.15, 0.2) is 48.7 Å². The van der Waals surface area contributed by atoms with Crippen molar-refractivity contribution in [1.82, 2.24) is 24.9 Å². The Bertz CT molecular complexity index is 1210. The third kappa shape index (κ3) is 5.12. The van der Waals surface area contributed by atoms with Crippen molar-refractivity contribution < 1.29 is 14.2 Å². The summed E-state index contributed by atoms with van der Waals surface area (Å²) >= 11 is 0. The number of imidazole rings is 1. The first kappa shape index (κ1) is 21.0. The standard InChI is InChI=1S/C23H25N7O3/c1-16-5-4-6-17(15-16)25-22-26-19-20(27-22)28-23(29-21(19)30-9-11-31-12-10-30)33-14-13-32-18-7-2-3-8-24-18/h2-8,15H,9-14H2,1H3,(H2,25,26,27,28,29). The summed E-state index contributed by atoms with van der Waals surface area (Å²) in [5.41, 5.74) is 3.39. The number of morpholine rings is 1. The summed E-state index contributed by atoms with van der Waals surface area (Å²) in [6.07, 6.45) is 1.68. The van der Waals surface area contributed by atoms with Crippen molar-refractivity contribution in [3.05, 3.63) is 54.2 Å². The molecule has 2 N–H and O–H groups in total. The quantitative estimate of drug-likeness (QED) is 0.394. The lowest BCUT2D eigenvalue weighted by atomic mass is 10.2. The first-order valence-corrected chi connectivity index (χ1v) is 10.9. The Morgan fingerprint density at radius 1 is 1.03 bits per heavy atom. The molecule has 1 aromatic carbocycles. The molecule has 0 amide bonds. The van der Waals surface area contributed by atoms with Crippen LogP contribution < -0.4 is 19.7 Å².